The van der Waals surface area contributed by atoms with Crippen LogP contribution in [0.1, 0.15) is 52.0 Å². The Morgan fingerprint density at radius 2 is 1.88 bits per heavy atom. The normalized spacial score (nSPS) is 18.2. The van der Waals surface area contributed by atoms with Gasteiger partial charge in [-0.05, 0) is 49.7 Å². The van der Waals surface area contributed by atoms with Crippen molar-refractivity contribution in [3.63, 3.8) is 0 Å². The summed E-state index contributed by atoms with van der Waals surface area (Å²) in [5, 5.41) is 2.09. The average molecular weight is 356 g/mol. The number of ether oxygens (including phenoxy) is 1. The number of likely N-dealkylation sites (tertiary alicyclic amines) is 1. The molecular formula is C21H25NO2S. The number of hydrogen-bond acceptors (Lipinski definition) is 3. The van der Waals surface area contributed by atoms with Crippen LogP contribution in [0.4, 0.5) is 0 Å². The predicted octanol–water partition coefficient (Wildman–Crippen LogP) is 4.45. The molecule has 2 heterocycles. The molecule has 0 radical (unpaired) electrons. The minimum atomic E-state index is 0.237. The van der Waals surface area contributed by atoms with Gasteiger partial charge in [0.1, 0.15) is 0 Å². The Morgan fingerprint density at radius 1 is 1.12 bits per heavy atom. The molecule has 1 aliphatic carbocycles. The Kier molecular flexibility index (Phi) is 5.18. The van der Waals surface area contributed by atoms with Gasteiger partial charge in [0.05, 0.1) is 18.3 Å². The predicted molar refractivity (Wildman–Crippen MR) is 101 cm³/mol. The minimum absolute atomic E-state index is 0.237. The van der Waals surface area contributed by atoms with E-state index in [1.165, 1.54) is 28.8 Å². The van der Waals surface area contributed by atoms with Crippen molar-refractivity contribution in [2.45, 2.75) is 51.2 Å². The highest BCUT2D eigenvalue weighted by Crippen LogP contribution is 2.31. The number of amides is 1. The number of hydrogen-bond donors (Lipinski definition) is 0. The van der Waals surface area contributed by atoms with Gasteiger partial charge in [-0.2, -0.15) is 0 Å². The number of aryl methyl sites for hydroxylation is 1. The van der Waals surface area contributed by atoms with Gasteiger partial charge in [0.25, 0.3) is 5.91 Å². The maximum atomic E-state index is 12.9. The van der Waals surface area contributed by atoms with Crippen molar-refractivity contribution in [1.82, 2.24) is 4.90 Å². The van der Waals surface area contributed by atoms with Crippen molar-refractivity contribution in [2.24, 2.45) is 0 Å². The first-order valence-corrected chi connectivity index (χ1v) is 10.2. The van der Waals surface area contributed by atoms with E-state index < -0.39 is 0 Å². The molecular weight excluding hydrogens is 330 g/mol. The van der Waals surface area contributed by atoms with Crippen LogP contribution in [0.2, 0.25) is 0 Å². The second-order valence-corrected chi connectivity index (χ2v) is 8.01. The van der Waals surface area contributed by atoms with Crippen LogP contribution < -0.4 is 0 Å². The molecule has 25 heavy (non-hydrogen) atoms. The van der Waals surface area contributed by atoms with Crippen molar-refractivity contribution in [2.75, 3.05) is 13.1 Å². The summed E-state index contributed by atoms with van der Waals surface area (Å²) >= 11 is 1.78. The molecule has 0 saturated carbocycles. The lowest BCUT2D eigenvalue weighted by molar-refractivity contribution is -0.000393. The van der Waals surface area contributed by atoms with Crippen molar-refractivity contribution in [1.29, 1.82) is 0 Å². The molecule has 2 aliphatic rings. The van der Waals surface area contributed by atoms with Crippen molar-refractivity contribution >= 4 is 17.2 Å². The zero-order valence-electron chi connectivity index (χ0n) is 14.6. The van der Waals surface area contributed by atoms with Gasteiger partial charge in [0.2, 0.25) is 0 Å². The standard InChI is InChI=1S/C21H25NO2S/c23-21(19-15-25-20-9-5-4-8-18(19)20)22-12-10-17(11-13-22)24-14-16-6-2-1-3-7-16/h1-3,6-7,15,17H,4-5,8-14H2. The lowest BCUT2D eigenvalue weighted by Gasteiger charge is -2.32. The molecule has 1 fully saturated rings. The van der Waals surface area contributed by atoms with Crippen LogP contribution in [-0.2, 0) is 24.2 Å². The quantitative estimate of drug-likeness (QED) is 0.811. The molecule has 0 N–H and O–H groups in total. The summed E-state index contributed by atoms with van der Waals surface area (Å²) in [7, 11) is 0. The number of carbonyl (C=O) groups excluding carboxylic acids is 1. The smallest absolute Gasteiger partial charge is 0.254 e. The molecule has 132 valence electrons. The minimum Gasteiger partial charge on any atom is -0.373 e. The molecule has 4 rings (SSSR count). The van der Waals surface area contributed by atoms with Gasteiger partial charge in [0, 0.05) is 23.3 Å². The lowest BCUT2D eigenvalue weighted by Crippen LogP contribution is -2.41. The number of rotatable bonds is 4. The Morgan fingerprint density at radius 3 is 2.68 bits per heavy atom. The van der Waals surface area contributed by atoms with E-state index in [1.54, 1.807) is 11.3 Å². The topological polar surface area (TPSA) is 29.5 Å². The largest absolute Gasteiger partial charge is 0.373 e. The van der Waals surface area contributed by atoms with Gasteiger partial charge in [-0.15, -0.1) is 11.3 Å². The zero-order chi connectivity index (χ0) is 17.1. The second kappa shape index (κ2) is 7.71. The molecule has 1 saturated heterocycles. The summed E-state index contributed by atoms with van der Waals surface area (Å²) in [5.41, 5.74) is 3.53. The van der Waals surface area contributed by atoms with Gasteiger partial charge in [0.15, 0.2) is 0 Å². The molecule has 2 aromatic rings. The highest BCUT2D eigenvalue weighted by Gasteiger charge is 2.27. The Hall–Kier alpha value is -1.65. The van der Waals surface area contributed by atoms with Crippen LogP contribution in [0.15, 0.2) is 35.7 Å². The van der Waals surface area contributed by atoms with E-state index in [4.69, 9.17) is 4.74 Å². The number of nitrogens with zero attached hydrogens (tertiary/aromatic N) is 1. The van der Waals surface area contributed by atoms with E-state index >= 15 is 0 Å². The summed E-state index contributed by atoms with van der Waals surface area (Å²) in [5.74, 6) is 0.237. The molecule has 0 bridgehead atoms. The Labute approximate surface area is 153 Å². The monoisotopic (exact) mass is 355 g/mol. The molecule has 0 spiro atoms. The first-order valence-electron chi connectivity index (χ1n) is 9.35. The van der Waals surface area contributed by atoms with Crippen LogP contribution in [0.25, 0.3) is 0 Å². The summed E-state index contributed by atoms with van der Waals surface area (Å²) in [6.07, 6.45) is 6.86. The second-order valence-electron chi connectivity index (χ2n) is 7.05. The van der Waals surface area contributed by atoms with Crippen LogP contribution in [0, 0.1) is 0 Å². The Balaban J connectivity index is 1.31. The number of piperidine rings is 1. The molecule has 3 nitrogen and oxygen atoms in total. The number of benzene rings is 1. The van der Waals surface area contributed by atoms with Gasteiger partial charge in [-0.25, -0.2) is 0 Å². The van der Waals surface area contributed by atoms with E-state index in [1.807, 2.05) is 23.1 Å². The molecule has 1 aliphatic heterocycles. The summed E-state index contributed by atoms with van der Waals surface area (Å²) in [6.45, 7) is 2.28. The highest BCUT2D eigenvalue weighted by molar-refractivity contribution is 7.10. The van der Waals surface area contributed by atoms with Crippen LogP contribution >= 0.6 is 11.3 Å². The maximum absolute atomic E-state index is 12.9. The van der Waals surface area contributed by atoms with Gasteiger partial charge < -0.3 is 9.64 Å². The third-order valence-corrected chi connectivity index (χ3v) is 6.44. The number of carbonyl (C=O) groups is 1. The van der Waals surface area contributed by atoms with E-state index in [9.17, 15) is 4.79 Å². The van der Waals surface area contributed by atoms with Crippen LogP contribution in [0.3, 0.4) is 0 Å². The fourth-order valence-electron chi connectivity index (χ4n) is 3.86. The SMILES string of the molecule is O=C(c1csc2c1CCCC2)N1CCC(OCc2ccccc2)CC1. The molecule has 0 unspecified atom stereocenters. The third kappa shape index (κ3) is 3.80. The van der Waals surface area contributed by atoms with Gasteiger partial charge in [-0.1, -0.05) is 30.3 Å². The van der Waals surface area contributed by atoms with E-state index in [0.29, 0.717) is 6.61 Å². The summed E-state index contributed by atoms with van der Waals surface area (Å²) in [4.78, 5) is 16.4. The van der Waals surface area contributed by atoms with Gasteiger partial charge >= 0.3 is 0 Å². The molecule has 1 aromatic heterocycles. The summed E-state index contributed by atoms with van der Waals surface area (Å²) in [6, 6.07) is 10.3. The third-order valence-electron chi connectivity index (χ3n) is 5.35. The lowest BCUT2D eigenvalue weighted by atomic mass is 9.95. The van der Waals surface area contributed by atoms with Gasteiger partial charge in [-0.3, -0.25) is 4.79 Å². The fourth-order valence-corrected chi connectivity index (χ4v) is 4.98. The van der Waals surface area contributed by atoms with Crippen LogP contribution in [0.5, 0.6) is 0 Å². The molecule has 0 atom stereocenters. The first kappa shape index (κ1) is 16.8. The zero-order valence-corrected chi connectivity index (χ0v) is 15.4. The van der Waals surface area contributed by atoms with E-state index in [0.717, 1.165) is 44.3 Å². The Bertz CT molecular complexity index is 717. The fraction of sp³-hybridized carbons (Fsp3) is 0.476. The summed E-state index contributed by atoms with van der Waals surface area (Å²) < 4.78 is 6.04. The molecule has 4 heteroatoms. The average Bonchev–Trinajstić information content (AvgIpc) is 3.11. The van der Waals surface area contributed by atoms with E-state index in [2.05, 4.69) is 17.5 Å². The van der Waals surface area contributed by atoms with E-state index in [-0.39, 0.29) is 12.0 Å². The van der Waals surface area contributed by atoms with Crippen LogP contribution in [-0.4, -0.2) is 30.0 Å². The highest BCUT2D eigenvalue weighted by atomic mass is 32.1. The number of thiophene rings is 1. The molecule has 1 amide bonds. The molecule has 1 aromatic carbocycles. The number of fused-ring (bicyclic) bond motifs is 1. The van der Waals surface area contributed by atoms with Crippen molar-refractivity contribution in [3.8, 4) is 0 Å². The maximum Gasteiger partial charge on any atom is 0.254 e. The van der Waals surface area contributed by atoms with Crippen molar-refractivity contribution in [3.05, 3.63) is 57.3 Å². The first-order chi connectivity index (χ1) is 12.3. The van der Waals surface area contributed by atoms with Crippen molar-refractivity contribution < 1.29 is 9.53 Å².